The molecule has 0 aliphatic carbocycles. The van der Waals surface area contributed by atoms with Gasteiger partial charge in [0.2, 0.25) is 0 Å². The van der Waals surface area contributed by atoms with Gasteiger partial charge in [0.25, 0.3) is 0 Å². The van der Waals surface area contributed by atoms with Gasteiger partial charge >= 0.3 is 0 Å². The molecular formula is C10H12N2O. The summed E-state index contributed by atoms with van der Waals surface area (Å²) in [5, 5.41) is 10.6. The maximum absolute atomic E-state index is 9.59. The number of aromatic amines is 1. The molecule has 0 amide bonds. The summed E-state index contributed by atoms with van der Waals surface area (Å²) in [6.45, 7) is 0.553. The minimum atomic E-state index is 0.331. The van der Waals surface area contributed by atoms with E-state index in [1.807, 2.05) is 18.3 Å². The number of hydrogen-bond acceptors (Lipinski definition) is 2. The van der Waals surface area contributed by atoms with Crippen molar-refractivity contribution in [2.24, 2.45) is 5.73 Å². The molecule has 13 heavy (non-hydrogen) atoms. The van der Waals surface area contributed by atoms with E-state index in [0.29, 0.717) is 18.7 Å². The van der Waals surface area contributed by atoms with Crippen molar-refractivity contribution in [3.05, 3.63) is 30.0 Å². The Kier molecular flexibility index (Phi) is 1.94. The van der Waals surface area contributed by atoms with Crippen LogP contribution in [0.1, 0.15) is 5.56 Å². The Morgan fingerprint density at radius 1 is 1.31 bits per heavy atom. The Morgan fingerprint density at radius 2 is 2.15 bits per heavy atom. The molecule has 1 heterocycles. The maximum Gasteiger partial charge on any atom is 0.119 e. The number of fused-ring (bicyclic) bond motifs is 1. The molecule has 2 rings (SSSR count). The molecule has 0 aliphatic rings. The van der Waals surface area contributed by atoms with Gasteiger partial charge in [-0.15, -0.1) is 0 Å². The molecule has 2 aromatic rings. The standard InChI is InChI=1S/C10H12N2O/c11-5-3-8-7-4-6-12-9(7)1-2-10(8)13/h1-2,4,6,12-13H,3,5,11H2. The fourth-order valence-corrected chi connectivity index (χ4v) is 1.59. The van der Waals surface area contributed by atoms with Gasteiger partial charge in [-0.2, -0.15) is 0 Å². The van der Waals surface area contributed by atoms with Crippen molar-refractivity contribution in [2.45, 2.75) is 6.42 Å². The molecule has 0 saturated carbocycles. The van der Waals surface area contributed by atoms with Gasteiger partial charge in [0.1, 0.15) is 5.75 Å². The molecule has 0 spiro atoms. The molecule has 68 valence electrons. The predicted molar refractivity (Wildman–Crippen MR) is 52.7 cm³/mol. The zero-order valence-corrected chi connectivity index (χ0v) is 7.25. The summed E-state index contributed by atoms with van der Waals surface area (Å²) in [5.41, 5.74) is 7.44. The molecule has 0 radical (unpaired) electrons. The second kappa shape index (κ2) is 3.11. The fourth-order valence-electron chi connectivity index (χ4n) is 1.59. The van der Waals surface area contributed by atoms with E-state index in [2.05, 4.69) is 4.98 Å². The van der Waals surface area contributed by atoms with Crippen molar-refractivity contribution in [2.75, 3.05) is 6.54 Å². The fraction of sp³-hybridized carbons (Fsp3) is 0.200. The predicted octanol–water partition coefficient (Wildman–Crippen LogP) is 1.37. The van der Waals surface area contributed by atoms with Gasteiger partial charge in [0, 0.05) is 22.7 Å². The zero-order valence-electron chi connectivity index (χ0n) is 7.25. The van der Waals surface area contributed by atoms with Gasteiger partial charge in [-0.1, -0.05) is 0 Å². The van der Waals surface area contributed by atoms with E-state index in [1.165, 1.54) is 0 Å². The Morgan fingerprint density at radius 3 is 2.92 bits per heavy atom. The van der Waals surface area contributed by atoms with Gasteiger partial charge in [0.05, 0.1) is 0 Å². The van der Waals surface area contributed by atoms with Crippen molar-refractivity contribution < 1.29 is 5.11 Å². The Bertz CT molecular complexity index is 420. The Labute approximate surface area is 76.2 Å². The van der Waals surface area contributed by atoms with Crippen LogP contribution in [-0.2, 0) is 6.42 Å². The third kappa shape index (κ3) is 1.27. The van der Waals surface area contributed by atoms with Gasteiger partial charge in [-0.05, 0) is 31.2 Å². The molecule has 0 saturated heterocycles. The smallest absolute Gasteiger partial charge is 0.119 e. The lowest BCUT2D eigenvalue weighted by Gasteiger charge is -2.03. The Hall–Kier alpha value is -1.48. The highest BCUT2D eigenvalue weighted by Gasteiger charge is 2.05. The molecule has 0 atom stereocenters. The summed E-state index contributed by atoms with van der Waals surface area (Å²) in [4.78, 5) is 3.09. The van der Waals surface area contributed by atoms with Gasteiger partial charge < -0.3 is 15.8 Å². The molecule has 0 fully saturated rings. The van der Waals surface area contributed by atoms with Crippen LogP contribution >= 0.6 is 0 Å². The van der Waals surface area contributed by atoms with E-state index in [0.717, 1.165) is 16.5 Å². The normalized spacial score (nSPS) is 10.8. The first-order valence-corrected chi connectivity index (χ1v) is 4.31. The first-order valence-electron chi connectivity index (χ1n) is 4.31. The minimum absolute atomic E-state index is 0.331. The maximum atomic E-state index is 9.59. The highest BCUT2D eigenvalue weighted by Crippen LogP contribution is 2.26. The van der Waals surface area contributed by atoms with Crippen LogP contribution in [0.3, 0.4) is 0 Å². The van der Waals surface area contributed by atoms with Crippen LogP contribution in [0.25, 0.3) is 10.9 Å². The summed E-state index contributed by atoms with van der Waals surface area (Å²) < 4.78 is 0. The van der Waals surface area contributed by atoms with Crippen LogP contribution in [0.4, 0.5) is 0 Å². The molecule has 0 unspecified atom stereocenters. The summed E-state index contributed by atoms with van der Waals surface area (Å²) in [6.07, 6.45) is 2.57. The van der Waals surface area contributed by atoms with E-state index in [1.54, 1.807) is 6.07 Å². The lowest BCUT2D eigenvalue weighted by molar-refractivity contribution is 0.469. The van der Waals surface area contributed by atoms with Crippen molar-refractivity contribution >= 4 is 10.9 Å². The first-order chi connectivity index (χ1) is 6.33. The van der Waals surface area contributed by atoms with Crippen LogP contribution < -0.4 is 5.73 Å². The monoisotopic (exact) mass is 176 g/mol. The van der Waals surface area contributed by atoms with E-state index >= 15 is 0 Å². The lowest BCUT2D eigenvalue weighted by atomic mass is 10.1. The average Bonchev–Trinajstić information content (AvgIpc) is 2.58. The SMILES string of the molecule is NCCc1c(O)ccc2[nH]ccc12. The van der Waals surface area contributed by atoms with Crippen LogP contribution in [0, 0.1) is 0 Å². The van der Waals surface area contributed by atoms with E-state index < -0.39 is 0 Å². The molecular weight excluding hydrogens is 164 g/mol. The molecule has 3 nitrogen and oxygen atoms in total. The van der Waals surface area contributed by atoms with E-state index in [4.69, 9.17) is 5.73 Å². The number of nitrogens with one attached hydrogen (secondary N) is 1. The summed E-state index contributed by atoms with van der Waals surface area (Å²) in [7, 11) is 0. The third-order valence-electron chi connectivity index (χ3n) is 2.22. The highest BCUT2D eigenvalue weighted by atomic mass is 16.3. The number of rotatable bonds is 2. The number of phenolic OH excluding ortho intramolecular Hbond substituents is 1. The summed E-state index contributed by atoms with van der Waals surface area (Å²) in [6, 6.07) is 5.52. The second-order valence-electron chi connectivity index (χ2n) is 3.04. The number of H-pyrrole nitrogens is 1. The molecule has 3 heteroatoms. The van der Waals surface area contributed by atoms with Crippen molar-refractivity contribution in [1.82, 2.24) is 4.98 Å². The molecule has 1 aromatic heterocycles. The third-order valence-corrected chi connectivity index (χ3v) is 2.22. The van der Waals surface area contributed by atoms with Crippen LogP contribution in [0.15, 0.2) is 24.4 Å². The highest BCUT2D eigenvalue weighted by molar-refractivity contribution is 5.85. The zero-order chi connectivity index (χ0) is 9.26. The lowest BCUT2D eigenvalue weighted by Crippen LogP contribution is -2.03. The number of aromatic hydroxyl groups is 1. The van der Waals surface area contributed by atoms with Crippen LogP contribution in [0.5, 0.6) is 5.75 Å². The minimum Gasteiger partial charge on any atom is -0.508 e. The quantitative estimate of drug-likeness (QED) is 0.647. The van der Waals surface area contributed by atoms with Gasteiger partial charge in [-0.25, -0.2) is 0 Å². The average molecular weight is 176 g/mol. The van der Waals surface area contributed by atoms with Gasteiger partial charge in [0.15, 0.2) is 0 Å². The topological polar surface area (TPSA) is 62.0 Å². The number of benzene rings is 1. The molecule has 0 aliphatic heterocycles. The molecule has 1 aromatic carbocycles. The van der Waals surface area contributed by atoms with E-state index in [9.17, 15) is 5.11 Å². The first kappa shape index (κ1) is 8.13. The number of hydrogen-bond donors (Lipinski definition) is 3. The van der Waals surface area contributed by atoms with E-state index in [-0.39, 0.29) is 0 Å². The van der Waals surface area contributed by atoms with Crippen molar-refractivity contribution in [1.29, 1.82) is 0 Å². The second-order valence-corrected chi connectivity index (χ2v) is 3.04. The van der Waals surface area contributed by atoms with Crippen molar-refractivity contribution in [3.8, 4) is 5.75 Å². The van der Waals surface area contributed by atoms with Gasteiger partial charge in [-0.3, -0.25) is 0 Å². The molecule has 0 bridgehead atoms. The molecule has 4 N–H and O–H groups in total. The Balaban J connectivity index is 2.66. The van der Waals surface area contributed by atoms with Crippen LogP contribution in [-0.4, -0.2) is 16.6 Å². The van der Waals surface area contributed by atoms with Crippen molar-refractivity contribution in [3.63, 3.8) is 0 Å². The van der Waals surface area contributed by atoms with Crippen LogP contribution in [0.2, 0.25) is 0 Å². The number of nitrogens with two attached hydrogens (primary N) is 1. The summed E-state index contributed by atoms with van der Waals surface area (Å²) >= 11 is 0. The number of aromatic nitrogens is 1. The summed E-state index contributed by atoms with van der Waals surface area (Å²) in [5.74, 6) is 0.331. The number of phenols is 1. The largest absolute Gasteiger partial charge is 0.508 e.